The van der Waals surface area contributed by atoms with Crippen LogP contribution in [-0.4, -0.2) is 24.1 Å². The van der Waals surface area contributed by atoms with Crippen LogP contribution in [0.15, 0.2) is 18.2 Å². The molecular weight excluding hydrogens is 282 g/mol. The number of hydrogen-bond donors (Lipinski definition) is 1. The van der Waals surface area contributed by atoms with E-state index in [9.17, 15) is 0 Å². The Labute approximate surface area is 129 Å². The van der Waals surface area contributed by atoms with Gasteiger partial charge in [0, 0.05) is 17.0 Å². The average molecular weight is 303 g/mol. The molecule has 1 aliphatic carbocycles. The van der Waals surface area contributed by atoms with Crippen molar-refractivity contribution in [3.63, 3.8) is 0 Å². The molecule has 0 amide bonds. The number of aromatic nitrogens is 2. The van der Waals surface area contributed by atoms with Gasteiger partial charge in [0.1, 0.15) is 10.7 Å². The first-order valence-corrected chi connectivity index (χ1v) is 8.02. The third-order valence-corrected chi connectivity index (χ3v) is 5.18. The van der Waals surface area contributed by atoms with Crippen molar-refractivity contribution >= 4 is 11.3 Å². The predicted molar refractivity (Wildman–Crippen MR) is 85.8 cm³/mol. The van der Waals surface area contributed by atoms with Crippen molar-refractivity contribution in [1.82, 2.24) is 15.3 Å². The second-order valence-electron chi connectivity index (χ2n) is 6.28. The van der Waals surface area contributed by atoms with E-state index in [1.807, 2.05) is 25.2 Å². The largest absolute Gasteiger partial charge is 0.481 e. The zero-order valence-electron chi connectivity index (χ0n) is 12.9. The molecule has 21 heavy (non-hydrogen) atoms. The standard InChI is InChI=1S/C16H21N3OS/c1-16(2)8-11(17-3)14-12(9-16)19-15(21-14)10-6-5-7-13(18-10)20-4/h5-7,11,17H,8-9H2,1-4H3. The predicted octanol–water partition coefficient (Wildman–Crippen LogP) is 3.45. The maximum Gasteiger partial charge on any atom is 0.213 e. The summed E-state index contributed by atoms with van der Waals surface area (Å²) in [6.45, 7) is 4.62. The molecule has 5 heteroatoms. The molecule has 1 unspecified atom stereocenters. The zero-order chi connectivity index (χ0) is 15.0. The van der Waals surface area contributed by atoms with Gasteiger partial charge >= 0.3 is 0 Å². The highest BCUT2D eigenvalue weighted by Gasteiger charge is 2.34. The molecule has 0 bridgehead atoms. The molecule has 2 heterocycles. The smallest absolute Gasteiger partial charge is 0.213 e. The molecule has 4 nitrogen and oxygen atoms in total. The highest BCUT2D eigenvalue weighted by atomic mass is 32.1. The monoisotopic (exact) mass is 303 g/mol. The SMILES string of the molecule is CNC1CC(C)(C)Cc2nc(-c3cccc(OC)n3)sc21. The van der Waals surface area contributed by atoms with Crippen molar-refractivity contribution in [2.75, 3.05) is 14.2 Å². The van der Waals surface area contributed by atoms with E-state index in [4.69, 9.17) is 9.72 Å². The number of methoxy groups -OCH3 is 1. The lowest BCUT2D eigenvalue weighted by molar-refractivity contribution is 0.265. The van der Waals surface area contributed by atoms with Gasteiger partial charge in [0.2, 0.25) is 5.88 Å². The Morgan fingerprint density at radius 3 is 2.86 bits per heavy atom. The van der Waals surface area contributed by atoms with Crippen LogP contribution in [0.1, 0.15) is 36.9 Å². The summed E-state index contributed by atoms with van der Waals surface area (Å²) in [7, 11) is 3.66. The van der Waals surface area contributed by atoms with Crippen LogP contribution in [0.3, 0.4) is 0 Å². The minimum atomic E-state index is 0.286. The Kier molecular flexibility index (Phi) is 3.71. The van der Waals surface area contributed by atoms with E-state index in [2.05, 4.69) is 24.1 Å². The van der Waals surface area contributed by atoms with Gasteiger partial charge in [-0.05, 0) is 31.4 Å². The molecule has 0 aromatic carbocycles. The normalized spacial score (nSPS) is 20.1. The van der Waals surface area contributed by atoms with Crippen LogP contribution in [0, 0.1) is 5.41 Å². The lowest BCUT2D eigenvalue weighted by atomic mass is 9.76. The molecule has 0 spiro atoms. The molecule has 0 saturated heterocycles. The van der Waals surface area contributed by atoms with Gasteiger partial charge in [0.15, 0.2) is 0 Å². The van der Waals surface area contributed by atoms with E-state index in [0.29, 0.717) is 11.9 Å². The van der Waals surface area contributed by atoms with E-state index in [1.54, 1.807) is 18.4 Å². The lowest BCUT2D eigenvalue weighted by Crippen LogP contribution is -2.30. The summed E-state index contributed by atoms with van der Waals surface area (Å²) in [4.78, 5) is 10.7. The summed E-state index contributed by atoms with van der Waals surface area (Å²) >= 11 is 1.75. The number of rotatable bonds is 3. The highest BCUT2D eigenvalue weighted by Crippen LogP contribution is 2.44. The molecule has 0 radical (unpaired) electrons. The van der Waals surface area contributed by atoms with Crippen LogP contribution in [0.25, 0.3) is 10.7 Å². The Hall–Kier alpha value is -1.46. The summed E-state index contributed by atoms with van der Waals surface area (Å²) < 4.78 is 5.21. The molecular formula is C16H21N3OS. The fourth-order valence-electron chi connectivity index (χ4n) is 2.92. The Morgan fingerprint density at radius 2 is 2.14 bits per heavy atom. The van der Waals surface area contributed by atoms with Gasteiger partial charge in [-0.1, -0.05) is 19.9 Å². The third kappa shape index (κ3) is 2.80. The Balaban J connectivity index is 2.02. The minimum Gasteiger partial charge on any atom is -0.481 e. The fraction of sp³-hybridized carbons (Fsp3) is 0.500. The molecule has 1 atom stereocenters. The van der Waals surface area contributed by atoms with E-state index >= 15 is 0 Å². The van der Waals surface area contributed by atoms with Gasteiger partial charge < -0.3 is 10.1 Å². The van der Waals surface area contributed by atoms with Crippen molar-refractivity contribution in [1.29, 1.82) is 0 Å². The van der Waals surface area contributed by atoms with Gasteiger partial charge in [-0.15, -0.1) is 11.3 Å². The number of nitrogens with zero attached hydrogens (tertiary/aromatic N) is 2. The molecule has 0 saturated carbocycles. The number of hydrogen-bond acceptors (Lipinski definition) is 5. The number of fused-ring (bicyclic) bond motifs is 1. The van der Waals surface area contributed by atoms with Crippen LogP contribution < -0.4 is 10.1 Å². The molecule has 3 rings (SSSR count). The summed E-state index contributed by atoms with van der Waals surface area (Å²) in [5.74, 6) is 0.631. The highest BCUT2D eigenvalue weighted by molar-refractivity contribution is 7.15. The van der Waals surface area contributed by atoms with Crippen molar-refractivity contribution in [2.24, 2.45) is 5.41 Å². The maximum absolute atomic E-state index is 5.21. The fourth-order valence-corrected chi connectivity index (χ4v) is 4.08. The molecule has 0 fully saturated rings. The maximum atomic E-state index is 5.21. The second kappa shape index (κ2) is 5.39. The average Bonchev–Trinajstić information content (AvgIpc) is 2.89. The van der Waals surface area contributed by atoms with E-state index in [1.165, 1.54) is 10.6 Å². The van der Waals surface area contributed by atoms with Gasteiger partial charge in [-0.25, -0.2) is 9.97 Å². The van der Waals surface area contributed by atoms with Crippen LogP contribution in [0.5, 0.6) is 5.88 Å². The molecule has 1 N–H and O–H groups in total. The number of ether oxygens (including phenoxy) is 1. The van der Waals surface area contributed by atoms with Gasteiger partial charge in [0.05, 0.1) is 12.8 Å². The van der Waals surface area contributed by atoms with Crippen LogP contribution in [0.4, 0.5) is 0 Å². The molecule has 2 aromatic rings. The van der Waals surface area contributed by atoms with E-state index < -0.39 is 0 Å². The summed E-state index contributed by atoms with van der Waals surface area (Å²) in [5.41, 5.74) is 2.39. The molecule has 2 aromatic heterocycles. The Morgan fingerprint density at radius 1 is 1.33 bits per heavy atom. The van der Waals surface area contributed by atoms with Crippen molar-refractivity contribution < 1.29 is 4.74 Å². The third-order valence-electron chi connectivity index (χ3n) is 3.95. The first-order chi connectivity index (χ1) is 10.0. The van der Waals surface area contributed by atoms with Crippen LogP contribution in [-0.2, 0) is 6.42 Å². The van der Waals surface area contributed by atoms with E-state index in [0.717, 1.165) is 23.5 Å². The van der Waals surface area contributed by atoms with Crippen LogP contribution >= 0.6 is 11.3 Å². The van der Waals surface area contributed by atoms with Gasteiger partial charge in [0.25, 0.3) is 0 Å². The van der Waals surface area contributed by atoms with Gasteiger partial charge in [-0.2, -0.15) is 0 Å². The molecule has 112 valence electrons. The van der Waals surface area contributed by atoms with Crippen molar-refractivity contribution in [3.05, 3.63) is 28.8 Å². The molecule has 0 aliphatic heterocycles. The minimum absolute atomic E-state index is 0.286. The second-order valence-corrected chi connectivity index (χ2v) is 7.31. The van der Waals surface area contributed by atoms with Gasteiger partial charge in [-0.3, -0.25) is 0 Å². The summed E-state index contributed by atoms with van der Waals surface area (Å²) in [6, 6.07) is 6.20. The number of thiazole rings is 1. The first kappa shape index (κ1) is 14.5. The number of nitrogens with one attached hydrogen (secondary N) is 1. The van der Waals surface area contributed by atoms with Crippen molar-refractivity contribution in [3.8, 4) is 16.6 Å². The number of pyridine rings is 1. The Bertz CT molecular complexity index is 651. The molecule has 1 aliphatic rings. The summed E-state index contributed by atoms with van der Waals surface area (Å²) in [6.07, 6.45) is 2.17. The van der Waals surface area contributed by atoms with E-state index in [-0.39, 0.29) is 5.41 Å². The summed E-state index contributed by atoms with van der Waals surface area (Å²) in [5, 5.41) is 4.41. The quantitative estimate of drug-likeness (QED) is 0.943. The zero-order valence-corrected chi connectivity index (χ0v) is 13.8. The van der Waals surface area contributed by atoms with Crippen molar-refractivity contribution in [2.45, 2.75) is 32.7 Å². The lowest BCUT2D eigenvalue weighted by Gasteiger charge is -2.34. The topological polar surface area (TPSA) is 47.0 Å². The van der Waals surface area contributed by atoms with Crippen LogP contribution in [0.2, 0.25) is 0 Å². The first-order valence-electron chi connectivity index (χ1n) is 7.21.